The van der Waals surface area contributed by atoms with Crippen molar-refractivity contribution in [2.45, 2.75) is 19.3 Å². The van der Waals surface area contributed by atoms with Crippen LogP contribution in [0.1, 0.15) is 17.7 Å². The lowest BCUT2D eigenvalue weighted by Gasteiger charge is -2.05. The molecule has 0 atom stereocenters. The van der Waals surface area contributed by atoms with Gasteiger partial charge in [-0.2, -0.15) is 5.10 Å². The Morgan fingerprint density at radius 3 is 2.84 bits per heavy atom. The highest BCUT2D eigenvalue weighted by atomic mass is 19.1. The Morgan fingerprint density at radius 1 is 1.26 bits per heavy atom. The van der Waals surface area contributed by atoms with Crippen molar-refractivity contribution in [1.82, 2.24) is 15.5 Å². The Balaban J connectivity index is 1.69. The third-order valence-electron chi connectivity index (χ3n) is 2.85. The van der Waals surface area contributed by atoms with Gasteiger partial charge in [0.25, 0.3) is 0 Å². The molecule has 2 N–H and O–H groups in total. The van der Waals surface area contributed by atoms with Gasteiger partial charge in [0.1, 0.15) is 5.82 Å². The van der Waals surface area contributed by atoms with Gasteiger partial charge in [0.05, 0.1) is 0 Å². The van der Waals surface area contributed by atoms with Gasteiger partial charge in [0.2, 0.25) is 5.91 Å². The fraction of sp³-hybridized carbons (Fsp3) is 0.286. The smallest absolute Gasteiger partial charge is 0.220 e. The van der Waals surface area contributed by atoms with Crippen molar-refractivity contribution in [3.8, 4) is 0 Å². The van der Waals surface area contributed by atoms with Crippen LogP contribution in [0.25, 0.3) is 0 Å². The van der Waals surface area contributed by atoms with E-state index in [0.717, 1.165) is 5.69 Å². The average molecular weight is 261 g/mol. The molecule has 0 aliphatic carbocycles. The summed E-state index contributed by atoms with van der Waals surface area (Å²) in [5, 5.41) is 9.45. The first-order valence-electron chi connectivity index (χ1n) is 6.24. The second kappa shape index (κ2) is 6.68. The van der Waals surface area contributed by atoms with Crippen molar-refractivity contribution in [1.29, 1.82) is 0 Å². The zero-order valence-electron chi connectivity index (χ0n) is 10.5. The molecule has 1 heterocycles. The van der Waals surface area contributed by atoms with Crippen molar-refractivity contribution in [3.05, 3.63) is 53.6 Å². The quantitative estimate of drug-likeness (QED) is 0.833. The van der Waals surface area contributed by atoms with Gasteiger partial charge in [-0.3, -0.25) is 9.89 Å². The monoisotopic (exact) mass is 261 g/mol. The van der Waals surface area contributed by atoms with Gasteiger partial charge in [-0.25, -0.2) is 4.39 Å². The van der Waals surface area contributed by atoms with E-state index in [1.54, 1.807) is 24.4 Å². The SMILES string of the molecule is O=C(CCc1ccccc1F)NCCc1ccn[nH]1. The Bertz CT molecular complexity index is 525. The van der Waals surface area contributed by atoms with Gasteiger partial charge in [-0.05, 0) is 24.1 Å². The number of benzene rings is 1. The number of halogens is 1. The molecule has 0 fully saturated rings. The van der Waals surface area contributed by atoms with Crippen LogP contribution < -0.4 is 5.32 Å². The van der Waals surface area contributed by atoms with Crippen LogP contribution in [0.15, 0.2) is 36.5 Å². The number of nitrogens with one attached hydrogen (secondary N) is 2. The number of hydrogen-bond donors (Lipinski definition) is 2. The molecule has 1 aromatic heterocycles. The molecule has 0 unspecified atom stereocenters. The lowest BCUT2D eigenvalue weighted by atomic mass is 10.1. The zero-order chi connectivity index (χ0) is 13.5. The summed E-state index contributed by atoms with van der Waals surface area (Å²) in [4.78, 5) is 11.6. The summed E-state index contributed by atoms with van der Waals surface area (Å²) < 4.78 is 13.3. The van der Waals surface area contributed by atoms with Crippen LogP contribution in [0.2, 0.25) is 0 Å². The standard InChI is InChI=1S/C14H16FN3O/c15-13-4-2-1-3-11(13)5-6-14(19)16-9-7-12-8-10-17-18-12/h1-4,8,10H,5-7,9H2,(H,16,19)(H,17,18). The van der Waals surface area contributed by atoms with Crippen LogP contribution in [0.3, 0.4) is 0 Å². The van der Waals surface area contributed by atoms with Crippen molar-refractivity contribution in [2.24, 2.45) is 0 Å². The highest BCUT2D eigenvalue weighted by Gasteiger charge is 2.05. The third kappa shape index (κ3) is 4.21. The average Bonchev–Trinajstić information content (AvgIpc) is 2.91. The first-order chi connectivity index (χ1) is 9.25. The number of nitrogens with zero attached hydrogens (tertiary/aromatic N) is 1. The van der Waals surface area contributed by atoms with Gasteiger partial charge in [-0.1, -0.05) is 18.2 Å². The van der Waals surface area contributed by atoms with Gasteiger partial charge >= 0.3 is 0 Å². The van der Waals surface area contributed by atoms with Crippen LogP contribution in [-0.2, 0) is 17.6 Å². The molecular weight excluding hydrogens is 245 g/mol. The first-order valence-corrected chi connectivity index (χ1v) is 6.24. The van der Waals surface area contributed by atoms with Crippen molar-refractivity contribution in [2.75, 3.05) is 6.54 Å². The molecule has 1 amide bonds. The molecule has 0 radical (unpaired) electrons. The van der Waals surface area contributed by atoms with Gasteiger partial charge < -0.3 is 5.32 Å². The fourth-order valence-corrected chi connectivity index (χ4v) is 1.80. The first kappa shape index (κ1) is 13.3. The lowest BCUT2D eigenvalue weighted by Crippen LogP contribution is -2.26. The minimum Gasteiger partial charge on any atom is -0.356 e. The molecule has 4 nitrogen and oxygen atoms in total. The van der Waals surface area contributed by atoms with Crippen LogP contribution in [0.4, 0.5) is 4.39 Å². The van der Waals surface area contributed by atoms with Crippen LogP contribution in [0.5, 0.6) is 0 Å². The van der Waals surface area contributed by atoms with Crippen LogP contribution in [0, 0.1) is 5.82 Å². The Hall–Kier alpha value is -2.17. The Labute approximate surface area is 111 Å². The summed E-state index contributed by atoms with van der Waals surface area (Å²) in [7, 11) is 0. The van der Waals surface area contributed by atoms with E-state index in [9.17, 15) is 9.18 Å². The maximum absolute atomic E-state index is 13.3. The van der Waals surface area contributed by atoms with Gasteiger partial charge in [-0.15, -0.1) is 0 Å². The number of hydrogen-bond acceptors (Lipinski definition) is 2. The van der Waals surface area contributed by atoms with E-state index in [0.29, 0.717) is 31.4 Å². The number of H-pyrrole nitrogens is 1. The molecule has 0 aliphatic rings. The fourth-order valence-electron chi connectivity index (χ4n) is 1.80. The van der Waals surface area contributed by atoms with E-state index in [2.05, 4.69) is 15.5 Å². The van der Waals surface area contributed by atoms with E-state index >= 15 is 0 Å². The predicted octanol–water partition coefficient (Wildman–Crippen LogP) is 1.84. The van der Waals surface area contributed by atoms with Gasteiger partial charge in [0, 0.05) is 31.3 Å². The molecule has 0 aliphatic heterocycles. The molecule has 19 heavy (non-hydrogen) atoms. The third-order valence-corrected chi connectivity index (χ3v) is 2.85. The summed E-state index contributed by atoms with van der Waals surface area (Å²) >= 11 is 0. The largest absolute Gasteiger partial charge is 0.356 e. The second-order valence-electron chi connectivity index (χ2n) is 4.27. The molecule has 2 aromatic rings. The molecule has 0 bridgehead atoms. The number of rotatable bonds is 6. The van der Waals surface area contributed by atoms with Crippen LogP contribution >= 0.6 is 0 Å². The maximum Gasteiger partial charge on any atom is 0.220 e. The summed E-state index contributed by atoms with van der Waals surface area (Å²) in [6.45, 7) is 0.554. The van der Waals surface area contributed by atoms with Crippen molar-refractivity contribution >= 4 is 5.91 Å². The number of carbonyl (C=O) groups excluding carboxylic acids is 1. The highest BCUT2D eigenvalue weighted by Crippen LogP contribution is 2.08. The zero-order valence-corrected chi connectivity index (χ0v) is 10.5. The van der Waals surface area contributed by atoms with Crippen LogP contribution in [-0.4, -0.2) is 22.6 Å². The maximum atomic E-state index is 13.3. The number of amides is 1. The predicted molar refractivity (Wildman–Crippen MR) is 70.0 cm³/mol. The number of aryl methyl sites for hydroxylation is 1. The normalized spacial score (nSPS) is 10.4. The summed E-state index contributed by atoms with van der Waals surface area (Å²) in [5.74, 6) is -0.324. The van der Waals surface area contributed by atoms with Gasteiger partial charge in [0.15, 0.2) is 0 Å². The Kier molecular flexibility index (Phi) is 4.66. The number of carbonyl (C=O) groups is 1. The summed E-state index contributed by atoms with van der Waals surface area (Å²) in [5.41, 5.74) is 1.56. The lowest BCUT2D eigenvalue weighted by molar-refractivity contribution is -0.121. The van der Waals surface area contributed by atoms with E-state index in [1.807, 2.05) is 6.07 Å². The minimum absolute atomic E-state index is 0.0669. The second-order valence-corrected chi connectivity index (χ2v) is 4.27. The van der Waals surface area contributed by atoms with E-state index in [1.165, 1.54) is 6.07 Å². The molecule has 100 valence electrons. The molecule has 0 saturated carbocycles. The highest BCUT2D eigenvalue weighted by molar-refractivity contribution is 5.76. The number of aromatic amines is 1. The van der Waals surface area contributed by atoms with Crippen molar-refractivity contribution < 1.29 is 9.18 Å². The minimum atomic E-state index is -0.257. The molecule has 0 saturated heterocycles. The molecule has 5 heteroatoms. The summed E-state index contributed by atoms with van der Waals surface area (Å²) in [6.07, 6.45) is 3.10. The molecule has 2 rings (SSSR count). The Morgan fingerprint density at radius 2 is 2.11 bits per heavy atom. The van der Waals surface area contributed by atoms with Crippen molar-refractivity contribution in [3.63, 3.8) is 0 Å². The summed E-state index contributed by atoms with van der Waals surface area (Å²) in [6, 6.07) is 8.39. The topological polar surface area (TPSA) is 57.8 Å². The van der Waals surface area contributed by atoms with E-state index in [4.69, 9.17) is 0 Å². The van der Waals surface area contributed by atoms with E-state index < -0.39 is 0 Å². The number of aromatic nitrogens is 2. The molecular formula is C14H16FN3O. The van der Waals surface area contributed by atoms with E-state index in [-0.39, 0.29) is 11.7 Å². The molecule has 0 spiro atoms. The molecule has 1 aromatic carbocycles.